The molecule has 1 rings (SSSR count). The first kappa shape index (κ1) is 58.7. The molecule has 0 spiro atoms. The number of carboxylic acid groups (broad SMARTS) is 1. The Kier molecular flexibility index (Phi) is 27.0. The molecule has 0 unspecified atom stereocenters. The highest BCUT2D eigenvalue weighted by molar-refractivity contribution is 5.99. The van der Waals surface area contributed by atoms with Crippen molar-refractivity contribution >= 4 is 59.3 Å². The molecule has 8 atom stereocenters. The molecule has 0 aliphatic heterocycles. The fourth-order valence-electron chi connectivity index (χ4n) is 6.65. The van der Waals surface area contributed by atoms with Gasteiger partial charge in [0.1, 0.15) is 48.9 Å². The molecular weight excluding hydrogens is 875 g/mol. The normalized spacial score (nSPS) is 14.7. The maximum atomic E-state index is 13.8. The number of primary amides is 2. The van der Waals surface area contributed by atoms with Crippen LogP contribution in [0.2, 0.25) is 0 Å². The Hall–Kier alpha value is -6.32. The summed E-state index contributed by atoms with van der Waals surface area (Å²) < 4.78 is 5.11. The van der Waals surface area contributed by atoms with Gasteiger partial charge in [0.15, 0.2) is 0 Å². The zero-order valence-electron chi connectivity index (χ0n) is 39.7. The summed E-state index contributed by atoms with van der Waals surface area (Å²) in [6.45, 7) is 11.4. The summed E-state index contributed by atoms with van der Waals surface area (Å²) in [4.78, 5) is 130. The van der Waals surface area contributed by atoms with Crippen molar-refractivity contribution in [2.75, 3.05) is 0 Å². The van der Waals surface area contributed by atoms with Crippen LogP contribution in [0.4, 0.5) is 4.79 Å². The van der Waals surface area contributed by atoms with E-state index in [-0.39, 0.29) is 37.7 Å². The van der Waals surface area contributed by atoms with Crippen molar-refractivity contribution < 1.29 is 62.9 Å². The van der Waals surface area contributed by atoms with E-state index in [0.29, 0.717) is 12.0 Å². The number of aliphatic carboxylic acids is 1. The summed E-state index contributed by atoms with van der Waals surface area (Å²) in [7, 11) is 0. The smallest absolute Gasteiger partial charge is 0.408 e. The molecule has 0 heterocycles. The van der Waals surface area contributed by atoms with Gasteiger partial charge < -0.3 is 63.6 Å². The summed E-state index contributed by atoms with van der Waals surface area (Å²) in [5.74, 6) is -9.80. The lowest BCUT2D eigenvalue weighted by molar-refractivity contribution is -0.142. The van der Waals surface area contributed by atoms with Crippen molar-refractivity contribution in [2.24, 2.45) is 23.3 Å². The number of unbranched alkanes of at least 4 members (excludes halogenated alkanes) is 5. The first-order valence-electron chi connectivity index (χ1n) is 22.7. The second-order valence-electron chi connectivity index (χ2n) is 17.5. The number of nitrogens with two attached hydrogens (primary N) is 2. The highest BCUT2D eigenvalue weighted by Crippen LogP contribution is 2.13. The van der Waals surface area contributed by atoms with Crippen LogP contribution in [0.3, 0.4) is 0 Å². The van der Waals surface area contributed by atoms with Crippen molar-refractivity contribution in [3.63, 3.8) is 0 Å². The number of carboxylic acids is 1. The average molecular weight is 948 g/mol. The third kappa shape index (κ3) is 24.1. The van der Waals surface area contributed by atoms with Gasteiger partial charge in [-0.1, -0.05) is 103 Å². The Morgan fingerprint density at radius 1 is 0.552 bits per heavy atom. The van der Waals surface area contributed by atoms with Crippen LogP contribution in [0.1, 0.15) is 125 Å². The molecule has 0 aliphatic carbocycles. The van der Waals surface area contributed by atoms with Crippen LogP contribution in [0.15, 0.2) is 30.3 Å². The van der Waals surface area contributed by atoms with Gasteiger partial charge in [0, 0.05) is 0 Å². The van der Waals surface area contributed by atoms with Crippen LogP contribution < -0.4 is 48.7 Å². The van der Waals surface area contributed by atoms with E-state index in [9.17, 15) is 58.2 Å². The summed E-state index contributed by atoms with van der Waals surface area (Å²) >= 11 is 0. The number of hydrogen-bond acceptors (Lipinski definition) is 12. The average Bonchev–Trinajstić information content (AvgIpc) is 3.23. The third-order valence-corrected chi connectivity index (χ3v) is 10.2. The van der Waals surface area contributed by atoms with Gasteiger partial charge in [-0.3, -0.25) is 38.4 Å². The lowest BCUT2D eigenvalue weighted by Crippen LogP contribution is -2.62. The summed E-state index contributed by atoms with van der Waals surface area (Å²) in [6.07, 6.45) is 1.45. The fraction of sp³-hybridized carbons (Fsp3) is 0.644. The molecule has 376 valence electrons. The quantitative estimate of drug-likeness (QED) is 0.0433. The summed E-state index contributed by atoms with van der Waals surface area (Å²) in [6, 6.07) is -1.78. The lowest BCUT2D eigenvalue weighted by Gasteiger charge is -2.29. The van der Waals surface area contributed by atoms with Crippen molar-refractivity contribution in [1.29, 1.82) is 0 Å². The van der Waals surface area contributed by atoms with Gasteiger partial charge in [0.25, 0.3) is 0 Å². The Morgan fingerprint density at radius 2 is 0.985 bits per heavy atom. The number of aliphatic hydroxyl groups is 1. The minimum atomic E-state index is -1.79. The number of nitrogens with one attached hydrogen (secondary N) is 7. The maximum absolute atomic E-state index is 13.8. The van der Waals surface area contributed by atoms with Crippen molar-refractivity contribution in [2.45, 2.75) is 174 Å². The van der Waals surface area contributed by atoms with E-state index >= 15 is 0 Å². The molecular formula is C45H73N9O13. The minimum Gasteiger partial charge on any atom is -0.480 e. The van der Waals surface area contributed by atoms with Crippen molar-refractivity contribution in [3.05, 3.63) is 35.9 Å². The third-order valence-electron chi connectivity index (χ3n) is 10.2. The number of aliphatic hydroxyl groups excluding tert-OH is 1. The molecule has 0 saturated carbocycles. The van der Waals surface area contributed by atoms with Crippen LogP contribution >= 0.6 is 0 Å². The van der Waals surface area contributed by atoms with E-state index in [2.05, 4.69) is 44.1 Å². The van der Waals surface area contributed by atoms with Crippen molar-refractivity contribution in [3.8, 4) is 0 Å². The van der Waals surface area contributed by atoms with Gasteiger partial charge in [-0.05, 0) is 50.5 Å². The minimum absolute atomic E-state index is 0.0735. The van der Waals surface area contributed by atoms with Gasteiger partial charge in [-0.15, -0.1) is 0 Å². The van der Waals surface area contributed by atoms with Crippen LogP contribution in [0.25, 0.3) is 0 Å². The molecule has 13 N–H and O–H groups in total. The van der Waals surface area contributed by atoms with E-state index in [1.54, 1.807) is 58.0 Å². The molecule has 0 bridgehead atoms. The number of alkyl carbamates (subject to hydrolysis) is 1. The standard InChI is InChI=1S/C45H73N9O13/c1-8-9-10-11-12-16-19-30(44(64)65)49-39(59)31(20-25(2)3)53-43(63)37(28(7)55)54-42(62)32(21-26(4)5)51-41(61)34(23-36(47)57)52-40(60)33(22-35(46)56)50-38(58)27(6)48-45(66)67-24-29-17-14-13-15-18-29/h13-15,17-18,25-28,30-34,37,55H,8-12,16,19-24H2,1-7H3,(H2,46,56)(H2,47,57)(H,48,66)(H,49,59)(H,50,58)(H,51,61)(H,52,60)(H,53,63)(H,54,62)(H,64,65)/t27-,28+,30+,31+,32+,33-,34+,37-/m0/s1. The van der Waals surface area contributed by atoms with Gasteiger partial charge in [0.2, 0.25) is 47.3 Å². The van der Waals surface area contributed by atoms with Crippen LogP contribution in [0.5, 0.6) is 0 Å². The number of carbonyl (C=O) groups excluding carboxylic acids is 9. The van der Waals surface area contributed by atoms with E-state index in [4.69, 9.17) is 16.2 Å². The Balaban J connectivity index is 3.19. The molecule has 9 amide bonds. The highest BCUT2D eigenvalue weighted by Gasteiger charge is 2.36. The second-order valence-corrected chi connectivity index (χ2v) is 17.5. The zero-order chi connectivity index (χ0) is 50.8. The SMILES string of the molecule is CCCCCCCC[C@@H](NC(=O)[C@@H](CC(C)C)NC(=O)[C@@H](NC(=O)[C@@H](CC(C)C)NC(=O)[C@@H](CC(N)=O)NC(=O)[C@H](CC(N)=O)NC(=O)[C@H](C)NC(=O)OCc1ccccc1)[C@@H](C)O)C(=O)O. The Bertz CT molecular complexity index is 1810. The van der Waals surface area contributed by atoms with Gasteiger partial charge in [-0.2, -0.15) is 0 Å². The topological polar surface area (TPSA) is 357 Å². The number of hydrogen-bond donors (Lipinski definition) is 11. The van der Waals surface area contributed by atoms with Crippen LogP contribution in [0, 0.1) is 11.8 Å². The van der Waals surface area contributed by atoms with E-state index in [0.717, 1.165) is 32.1 Å². The summed E-state index contributed by atoms with van der Waals surface area (Å²) in [5, 5.41) is 37.2. The lowest BCUT2D eigenvalue weighted by atomic mass is 10.00. The monoisotopic (exact) mass is 948 g/mol. The highest BCUT2D eigenvalue weighted by atomic mass is 16.5. The first-order valence-corrected chi connectivity index (χ1v) is 22.7. The van der Waals surface area contributed by atoms with Gasteiger partial charge in [-0.25, -0.2) is 9.59 Å². The zero-order valence-corrected chi connectivity index (χ0v) is 39.7. The van der Waals surface area contributed by atoms with Crippen LogP contribution in [-0.2, 0) is 54.5 Å². The first-order chi connectivity index (χ1) is 31.4. The number of rotatable bonds is 32. The molecule has 1 aromatic carbocycles. The largest absolute Gasteiger partial charge is 0.480 e. The molecule has 0 radical (unpaired) electrons. The second kappa shape index (κ2) is 30.8. The fourth-order valence-corrected chi connectivity index (χ4v) is 6.65. The Labute approximate surface area is 392 Å². The number of amides is 9. The summed E-state index contributed by atoms with van der Waals surface area (Å²) in [5.41, 5.74) is 11.4. The van der Waals surface area contributed by atoms with Gasteiger partial charge in [0.05, 0.1) is 18.9 Å². The Morgan fingerprint density at radius 3 is 1.46 bits per heavy atom. The van der Waals surface area contributed by atoms with E-state index in [1.165, 1.54) is 13.8 Å². The molecule has 0 aliphatic rings. The van der Waals surface area contributed by atoms with Gasteiger partial charge >= 0.3 is 12.1 Å². The van der Waals surface area contributed by atoms with E-state index < -0.39 is 121 Å². The maximum Gasteiger partial charge on any atom is 0.408 e. The predicted molar refractivity (Wildman–Crippen MR) is 245 cm³/mol. The molecule has 1 aromatic rings. The molecule has 0 aromatic heterocycles. The molecule has 22 heteroatoms. The number of ether oxygens (including phenoxy) is 1. The van der Waals surface area contributed by atoms with E-state index in [1.807, 2.05) is 0 Å². The molecule has 67 heavy (non-hydrogen) atoms. The molecule has 0 fully saturated rings. The molecule has 0 saturated heterocycles. The number of carbonyl (C=O) groups is 10. The number of benzene rings is 1. The predicted octanol–water partition coefficient (Wildman–Crippen LogP) is 0.269. The molecule has 22 nitrogen and oxygen atoms in total. The van der Waals surface area contributed by atoms with Crippen molar-refractivity contribution in [1.82, 2.24) is 37.2 Å². The van der Waals surface area contributed by atoms with Crippen LogP contribution in [-0.4, -0.2) is 118 Å².